The molecule has 0 bridgehead atoms. The van der Waals surface area contributed by atoms with Crippen LogP contribution in [0.5, 0.6) is 0 Å². The van der Waals surface area contributed by atoms with Gasteiger partial charge in [0.1, 0.15) is 0 Å². The third-order valence-corrected chi connectivity index (χ3v) is 5.15. The highest BCUT2D eigenvalue weighted by atomic mass is 16.2. The average Bonchev–Trinajstić information content (AvgIpc) is 3.44. The van der Waals surface area contributed by atoms with E-state index < -0.39 is 0 Å². The van der Waals surface area contributed by atoms with Crippen LogP contribution in [0.15, 0.2) is 30.3 Å². The van der Waals surface area contributed by atoms with Crippen LogP contribution in [0.1, 0.15) is 51.1 Å². The van der Waals surface area contributed by atoms with Gasteiger partial charge in [0.15, 0.2) is 0 Å². The van der Waals surface area contributed by atoms with E-state index in [1.54, 1.807) is 0 Å². The van der Waals surface area contributed by atoms with Crippen LogP contribution in [0.25, 0.3) is 0 Å². The molecule has 1 heterocycles. The van der Waals surface area contributed by atoms with Gasteiger partial charge in [0, 0.05) is 19.0 Å². The lowest BCUT2D eigenvalue weighted by atomic mass is 9.94. The van der Waals surface area contributed by atoms with Gasteiger partial charge in [0.05, 0.1) is 12.0 Å². The second-order valence-corrected chi connectivity index (χ2v) is 7.51. The van der Waals surface area contributed by atoms with Crippen molar-refractivity contribution < 1.29 is 9.59 Å². The molecule has 1 N–H and O–H groups in total. The predicted octanol–water partition coefficient (Wildman–Crippen LogP) is 3.15. The molecule has 24 heavy (non-hydrogen) atoms. The molecule has 4 heteroatoms. The fraction of sp³-hybridized carbons (Fsp3) is 0.600. The minimum atomic E-state index is -0.0774. The first-order valence-electron chi connectivity index (χ1n) is 9.20. The van der Waals surface area contributed by atoms with Crippen LogP contribution >= 0.6 is 0 Å². The summed E-state index contributed by atoms with van der Waals surface area (Å²) in [5.74, 6) is 0.751. The van der Waals surface area contributed by atoms with Crippen LogP contribution in [-0.2, 0) is 9.59 Å². The Balaban J connectivity index is 1.64. The molecule has 1 saturated heterocycles. The zero-order valence-electron chi connectivity index (χ0n) is 14.7. The molecule has 2 amide bonds. The number of carbonyl (C=O) groups excluding carboxylic acids is 2. The highest BCUT2D eigenvalue weighted by Gasteiger charge is 2.36. The first kappa shape index (κ1) is 17.0. The molecule has 1 saturated carbocycles. The Bertz CT molecular complexity index is 581. The van der Waals surface area contributed by atoms with E-state index >= 15 is 0 Å². The Hall–Kier alpha value is -1.84. The first-order chi connectivity index (χ1) is 11.6. The smallest absolute Gasteiger partial charge is 0.225 e. The summed E-state index contributed by atoms with van der Waals surface area (Å²) in [6.07, 6.45) is 4.15. The largest absolute Gasteiger partial charge is 0.349 e. The quantitative estimate of drug-likeness (QED) is 0.903. The van der Waals surface area contributed by atoms with Gasteiger partial charge >= 0.3 is 0 Å². The third-order valence-electron chi connectivity index (χ3n) is 5.15. The number of piperidine rings is 1. The van der Waals surface area contributed by atoms with Crippen LogP contribution < -0.4 is 5.32 Å². The summed E-state index contributed by atoms with van der Waals surface area (Å²) in [6, 6.07) is 10.4. The van der Waals surface area contributed by atoms with Crippen LogP contribution in [-0.4, -0.2) is 29.8 Å². The third kappa shape index (κ3) is 3.97. The molecule has 4 nitrogen and oxygen atoms in total. The molecule has 0 aromatic heterocycles. The monoisotopic (exact) mass is 328 g/mol. The van der Waals surface area contributed by atoms with Crippen molar-refractivity contribution in [3.8, 4) is 0 Å². The number of hydrogen-bond donors (Lipinski definition) is 1. The van der Waals surface area contributed by atoms with E-state index in [-0.39, 0.29) is 29.7 Å². The van der Waals surface area contributed by atoms with Gasteiger partial charge in [0.25, 0.3) is 0 Å². The number of nitrogens with one attached hydrogen (secondary N) is 1. The Kier molecular flexibility index (Phi) is 5.22. The predicted molar refractivity (Wildman–Crippen MR) is 94.2 cm³/mol. The molecular weight excluding hydrogens is 300 g/mol. The lowest BCUT2D eigenvalue weighted by Crippen LogP contribution is -2.47. The number of hydrogen-bond acceptors (Lipinski definition) is 2. The van der Waals surface area contributed by atoms with Gasteiger partial charge in [-0.15, -0.1) is 0 Å². The van der Waals surface area contributed by atoms with Crippen molar-refractivity contribution in [3.05, 3.63) is 35.9 Å². The van der Waals surface area contributed by atoms with Gasteiger partial charge in [0.2, 0.25) is 11.8 Å². The van der Waals surface area contributed by atoms with E-state index in [1.165, 1.54) is 18.4 Å². The van der Waals surface area contributed by atoms with Gasteiger partial charge < -0.3 is 10.2 Å². The molecule has 3 rings (SSSR count). The van der Waals surface area contributed by atoms with Crippen molar-refractivity contribution in [2.45, 2.75) is 45.6 Å². The molecule has 1 aromatic carbocycles. The lowest BCUT2D eigenvalue weighted by molar-refractivity contribution is -0.138. The molecule has 0 unspecified atom stereocenters. The number of nitrogens with zero attached hydrogens (tertiary/aromatic N) is 1. The summed E-state index contributed by atoms with van der Waals surface area (Å²) in [5.41, 5.74) is 1.19. The standard InChI is InChI=1S/C20H28N2O2/c1-14(2)20(24)22-12-6-9-17(13-22)19(23)21-18(16-10-11-16)15-7-4-3-5-8-15/h3-5,7-8,14,16-18H,6,9-13H2,1-2H3,(H,21,23)/t17-,18-/m1/s1. The number of rotatable bonds is 5. The summed E-state index contributed by atoms with van der Waals surface area (Å²) in [6.45, 7) is 5.19. The molecule has 130 valence electrons. The van der Waals surface area contributed by atoms with Crippen molar-refractivity contribution in [1.82, 2.24) is 10.2 Å². The van der Waals surface area contributed by atoms with Crippen LogP contribution in [0.3, 0.4) is 0 Å². The molecule has 2 aliphatic rings. The van der Waals surface area contributed by atoms with E-state index in [0.717, 1.165) is 19.4 Å². The van der Waals surface area contributed by atoms with Crippen molar-refractivity contribution in [1.29, 1.82) is 0 Å². The first-order valence-corrected chi connectivity index (χ1v) is 9.20. The number of carbonyl (C=O) groups is 2. The summed E-state index contributed by atoms with van der Waals surface area (Å²) < 4.78 is 0. The maximum Gasteiger partial charge on any atom is 0.225 e. The van der Waals surface area contributed by atoms with Gasteiger partial charge in [-0.2, -0.15) is 0 Å². The summed E-state index contributed by atoms with van der Waals surface area (Å²) in [4.78, 5) is 26.9. The average molecular weight is 328 g/mol. The summed E-state index contributed by atoms with van der Waals surface area (Å²) in [7, 11) is 0. The highest BCUT2D eigenvalue weighted by Crippen LogP contribution is 2.41. The summed E-state index contributed by atoms with van der Waals surface area (Å²) >= 11 is 0. The van der Waals surface area contributed by atoms with Crippen molar-refractivity contribution in [2.24, 2.45) is 17.8 Å². The molecule has 1 aliphatic heterocycles. The van der Waals surface area contributed by atoms with Crippen molar-refractivity contribution in [2.75, 3.05) is 13.1 Å². The van der Waals surface area contributed by atoms with E-state index in [9.17, 15) is 9.59 Å². The normalized spacial score (nSPS) is 22.3. The Labute approximate surface area is 144 Å². The summed E-state index contributed by atoms with van der Waals surface area (Å²) in [5, 5.41) is 3.28. The maximum absolute atomic E-state index is 12.8. The Morgan fingerprint density at radius 1 is 1.12 bits per heavy atom. The molecule has 1 aliphatic carbocycles. The zero-order valence-corrected chi connectivity index (χ0v) is 14.7. The second-order valence-electron chi connectivity index (χ2n) is 7.51. The van der Waals surface area contributed by atoms with E-state index in [4.69, 9.17) is 0 Å². The molecule has 2 fully saturated rings. The van der Waals surface area contributed by atoms with E-state index in [0.29, 0.717) is 12.5 Å². The Morgan fingerprint density at radius 3 is 2.46 bits per heavy atom. The van der Waals surface area contributed by atoms with Crippen LogP contribution in [0.2, 0.25) is 0 Å². The van der Waals surface area contributed by atoms with Gasteiger partial charge in [-0.1, -0.05) is 44.2 Å². The Morgan fingerprint density at radius 2 is 1.83 bits per heavy atom. The van der Waals surface area contributed by atoms with Gasteiger partial charge in [-0.05, 0) is 37.2 Å². The van der Waals surface area contributed by atoms with Gasteiger partial charge in [-0.3, -0.25) is 9.59 Å². The molecule has 0 spiro atoms. The number of benzene rings is 1. The minimum absolute atomic E-state index is 0.00431. The van der Waals surface area contributed by atoms with Crippen molar-refractivity contribution in [3.63, 3.8) is 0 Å². The van der Waals surface area contributed by atoms with E-state index in [2.05, 4.69) is 17.4 Å². The zero-order chi connectivity index (χ0) is 17.1. The molecular formula is C20H28N2O2. The second kappa shape index (κ2) is 7.37. The lowest BCUT2D eigenvalue weighted by Gasteiger charge is -2.34. The van der Waals surface area contributed by atoms with E-state index in [1.807, 2.05) is 36.9 Å². The van der Waals surface area contributed by atoms with Crippen LogP contribution in [0, 0.1) is 17.8 Å². The molecule has 1 aromatic rings. The fourth-order valence-corrected chi connectivity index (χ4v) is 3.59. The molecule has 2 atom stereocenters. The molecule has 0 radical (unpaired) electrons. The highest BCUT2D eigenvalue weighted by molar-refractivity contribution is 5.82. The van der Waals surface area contributed by atoms with Crippen molar-refractivity contribution >= 4 is 11.8 Å². The number of amides is 2. The SMILES string of the molecule is CC(C)C(=O)N1CCC[C@@H](C(=O)N[C@H](c2ccccc2)C2CC2)C1. The fourth-order valence-electron chi connectivity index (χ4n) is 3.59. The topological polar surface area (TPSA) is 49.4 Å². The maximum atomic E-state index is 12.8. The van der Waals surface area contributed by atoms with Gasteiger partial charge in [-0.25, -0.2) is 0 Å². The van der Waals surface area contributed by atoms with Crippen LogP contribution in [0.4, 0.5) is 0 Å². The minimum Gasteiger partial charge on any atom is -0.349 e. The number of likely N-dealkylation sites (tertiary alicyclic amines) is 1.